The molecule has 15 heavy (non-hydrogen) atoms. The van der Waals surface area contributed by atoms with Crippen molar-refractivity contribution in [2.45, 2.75) is 39.8 Å². The summed E-state index contributed by atoms with van der Waals surface area (Å²) in [7, 11) is -0.154. The molecular formula is C11H25N2OP. The van der Waals surface area contributed by atoms with Gasteiger partial charge in [-0.2, -0.15) is 0 Å². The molecule has 4 heteroatoms. The number of rotatable bonds is 4. The minimum absolute atomic E-state index is 0.154. The van der Waals surface area contributed by atoms with Gasteiger partial charge >= 0.3 is 0 Å². The Morgan fingerprint density at radius 3 is 1.93 bits per heavy atom. The van der Waals surface area contributed by atoms with Crippen molar-refractivity contribution < 1.29 is 4.74 Å². The molecule has 0 aromatic rings. The van der Waals surface area contributed by atoms with Crippen molar-refractivity contribution in [3.63, 3.8) is 0 Å². The molecule has 0 saturated carbocycles. The van der Waals surface area contributed by atoms with Crippen LogP contribution in [-0.2, 0) is 4.74 Å². The molecule has 1 atom stereocenters. The largest absolute Gasteiger partial charge is 0.379 e. The molecule has 1 rings (SSSR count). The first-order valence-electron chi connectivity index (χ1n) is 5.88. The van der Waals surface area contributed by atoms with Gasteiger partial charge in [0.1, 0.15) is 0 Å². The molecule has 0 bridgehead atoms. The molecule has 0 N–H and O–H groups in total. The van der Waals surface area contributed by atoms with Crippen molar-refractivity contribution in [2.75, 3.05) is 33.0 Å². The summed E-state index contributed by atoms with van der Waals surface area (Å²) >= 11 is 0. The summed E-state index contributed by atoms with van der Waals surface area (Å²) in [4.78, 5) is 0. The molecule has 0 aromatic heterocycles. The summed E-state index contributed by atoms with van der Waals surface area (Å²) in [5.74, 6) is 0. The van der Waals surface area contributed by atoms with Gasteiger partial charge in [-0.15, -0.1) is 0 Å². The molecule has 0 spiro atoms. The molecule has 0 aromatic carbocycles. The Bertz CT molecular complexity index is 173. The van der Waals surface area contributed by atoms with Gasteiger partial charge in [-0.1, -0.05) is 0 Å². The molecule has 0 aliphatic carbocycles. The highest BCUT2D eigenvalue weighted by Crippen LogP contribution is 2.43. The maximum Gasteiger partial charge on any atom is 0.0597 e. The molecule has 90 valence electrons. The molecule has 0 radical (unpaired) electrons. The number of nitrogens with zero attached hydrogens (tertiary/aromatic N) is 2. The van der Waals surface area contributed by atoms with Gasteiger partial charge in [0.05, 0.1) is 13.2 Å². The van der Waals surface area contributed by atoms with Gasteiger partial charge < -0.3 is 4.74 Å². The van der Waals surface area contributed by atoms with Crippen LogP contribution in [0.15, 0.2) is 0 Å². The highest BCUT2D eigenvalue weighted by Gasteiger charge is 2.26. The van der Waals surface area contributed by atoms with Gasteiger partial charge in [-0.05, 0) is 34.4 Å². The third-order valence-corrected chi connectivity index (χ3v) is 5.60. The van der Waals surface area contributed by atoms with E-state index in [1.54, 1.807) is 0 Å². The average molecular weight is 232 g/mol. The summed E-state index contributed by atoms with van der Waals surface area (Å²) in [5, 5.41) is 0. The van der Waals surface area contributed by atoms with E-state index in [0.29, 0.717) is 12.1 Å². The van der Waals surface area contributed by atoms with E-state index in [1.807, 2.05) is 0 Å². The van der Waals surface area contributed by atoms with Gasteiger partial charge in [0.25, 0.3) is 0 Å². The predicted octanol–water partition coefficient (Wildman–Crippen LogP) is 2.38. The first kappa shape index (κ1) is 13.4. The first-order valence-corrected chi connectivity index (χ1v) is 7.58. The Kier molecular flexibility index (Phi) is 5.48. The van der Waals surface area contributed by atoms with E-state index in [2.05, 4.69) is 43.7 Å². The van der Waals surface area contributed by atoms with Crippen molar-refractivity contribution in [1.29, 1.82) is 0 Å². The number of ether oxygens (including phenoxy) is 1. The summed E-state index contributed by atoms with van der Waals surface area (Å²) < 4.78 is 10.6. The summed E-state index contributed by atoms with van der Waals surface area (Å²) in [6.45, 7) is 15.5. The van der Waals surface area contributed by atoms with Crippen LogP contribution < -0.4 is 0 Å². The van der Waals surface area contributed by atoms with E-state index in [4.69, 9.17) is 4.74 Å². The van der Waals surface area contributed by atoms with Crippen LogP contribution >= 0.6 is 8.22 Å². The van der Waals surface area contributed by atoms with E-state index in [0.717, 1.165) is 26.3 Å². The molecule has 1 heterocycles. The summed E-state index contributed by atoms with van der Waals surface area (Å²) in [6.07, 6.45) is 0. The molecule has 0 amide bonds. The van der Waals surface area contributed by atoms with Gasteiger partial charge in [0.15, 0.2) is 0 Å². The van der Waals surface area contributed by atoms with Crippen LogP contribution in [0.2, 0.25) is 0 Å². The quantitative estimate of drug-likeness (QED) is 0.692. The van der Waals surface area contributed by atoms with E-state index in [9.17, 15) is 0 Å². The van der Waals surface area contributed by atoms with Crippen LogP contribution in [-0.4, -0.2) is 54.4 Å². The Morgan fingerprint density at radius 2 is 1.53 bits per heavy atom. The van der Waals surface area contributed by atoms with Gasteiger partial charge in [-0.3, -0.25) is 9.34 Å². The van der Waals surface area contributed by atoms with Crippen LogP contribution in [0.1, 0.15) is 27.7 Å². The van der Waals surface area contributed by atoms with Crippen LogP contribution in [0.4, 0.5) is 0 Å². The third-order valence-electron chi connectivity index (χ3n) is 2.79. The molecule has 1 unspecified atom stereocenters. The van der Waals surface area contributed by atoms with E-state index in [1.165, 1.54) is 0 Å². The lowest BCUT2D eigenvalue weighted by Gasteiger charge is -2.43. The fraction of sp³-hybridized carbons (Fsp3) is 1.00. The zero-order valence-corrected chi connectivity index (χ0v) is 11.6. The summed E-state index contributed by atoms with van der Waals surface area (Å²) in [5.41, 5.74) is 0. The molecule has 1 aliphatic rings. The van der Waals surface area contributed by atoms with Crippen molar-refractivity contribution in [3.05, 3.63) is 0 Å². The lowest BCUT2D eigenvalue weighted by molar-refractivity contribution is 0.0715. The number of hydrogen-bond donors (Lipinski definition) is 0. The molecule has 1 fully saturated rings. The molecular weight excluding hydrogens is 207 g/mol. The maximum atomic E-state index is 5.40. The zero-order valence-electron chi connectivity index (χ0n) is 10.7. The fourth-order valence-electron chi connectivity index (χ4n) is 2.25. The van der Waals surface area contributed by atoms with Crippen LogP contribution in [0.25, 0.3) is 0 Å². The Labute approximate surface area is 95.6 Å². The monoisotopic (exact) mass is 232 g/mol. The standard InChI is InChI=1S/C11H25N2OP/c1-10(2)13(11(3)4)15(5)12-6-8-14-9-7-12/h10-11H,6-9H2,1-5H3. The second-order valence-corrected chi connectivity index (χ2v) is 6.63. The van der Waals surface area contributed by atoms with Crippen LogP contribution in [0.5, 0.6) is 0 Å². The second-order valence-electron chi connectivity index (χ2n) is 4.62. The first-order chi connectivity index (χ1) is 7.04. The van der Waals surface area contributed by atoms with E-state index < -0.39 is 0 Å². The van der Waals surface area contributed by atoms with Gasteiger partial charge in [0.2, 0.25) is 0 Å². The van der Waals surface area contributed by atoms with Gasteiger partial charge in [0, 0.05) is 33.4 Å². The minimum atomic E-state index is -0.154. The molecule has 1 aliphatic heterocycles. The van der Waals surface area contributed by atoms with Crippen molar-refractivity contribution in [1.82, 2.24) is 9.34 Å². The number of hydrogen-bond acceptors (Lipinski definition) is 3. The van der Waals surface area contributed by atoms with Crippen molar-refractivity contribution >= 4 is 8.22 Å². The van der Waals surface area contributed by atoms with Crippen LogP contribution in [0.3, 0.4) is 0 Å². The smallest absolute Gasteiger partial charge is 0.0597 e. The number of morpholine rings is 1. The highest BCUT2D eigenvalue weighted by molar-refractivity contribution is 7.51. The Morgan fingerprint density at radius 1 is 1.07 bits per heavy atom. The summed E-state index contributed by atoms with van der Waals surface area (Å²) in [6, 6.07) is 1.26. The Hall–Kier alpha value is 0.310. The average Bonchev–Trinajstić information content (AvgIpc) is 2.18. The van der Waals surface area contributed by atoms with Crippen molar-refractivity contribution in [3.8, 4) is 0 Å². The molecule has 1 saturated heterocycles. The normalized spacial score (nSPS) is 21.6. The zero-order chi connectivity index (χ0) is 11.4. The SMILES string of the molecule is CC(C)N(C(C)C)P(C)N1CCOCC1. The lowest BCUT2D eigenvalue weighted by Crippen LogP contribution is -2.41. The van der Waals surface area contributed by atoms with E-state index in [-0.39, 0.29) is 8.22 Å². The third kappa shape index (κ3) is 3.67. The molecule has 3 nitrogen and oxygen atoms in total. The van der Waals surface area contributed by atoms with Crippen molar-refractivity contribution in [2.24, 2.45) is 0 Å². The van der Waals surface area contributed by atoms with Gasteiger partial charge in [-0.25, -0.2) is 0 Å². The maximum absolute atomic E-state index is 5.40. The minimum Gasteiger partial charge on any atom is -0.379 e. The fourth-order valence-corrected chi connectivity index (χ4v) is 4.63. The predicted molar refractivity (Wildman–Crippen MR) is 67.3 cm³/mol. The lowest BCUT2D eigenvalue weighted by atomic mass is 10.3. The topological polar surface area (TPSA) is 15.7 Å². The van der Waals surface area contributed by atoms with E-state index >= 15 is 0 Å². The Balaban J connectivity index is 2.57. The highest BCUT2D eigenvalue weighted by atomic mass is 31.1. The van der Waals surface area contributed by atoms with Crippen LogP contribution in [0, 0.1) is 0 Å². The second kappa shape index (κ2) is 6.15.